The minimum atomic E-state index is 0.120. The number of hydrogen-bond donors (Lipinski definition) is 0. The van der Waals surface area contributed by atoms with E-state index in [9.17, 15) is 0 Å². The molecule has 0 aliphatic carbocycles. The van der Waals surface area contributed by atoms with E-state index in [0.29, 0.717) is 11.2 Å². The maximum Gasteiger partial charge on any atom is 0.396 e. The van der Waals surface area contributed by atoms with Crippen LogP contribution in [0.2, 0.25) is 0 Å². The Morgan fingerprint density at radius 2 is 2.19 bits per heavy atom. The summed E-state index contributed by atoms with van der Waals surface area (Å²) >= 11 is 0. The summed E-state index contributed by atoms with van der Waals surface area (Å²) in [6.45, 7) is 1.45. The average Bonchev–Trinajstić information content (AvgIpc) is 2.72. The van der Waals surface area contributed by atoms with Gasteiger partial charge in [0.2, 0.25) is 0 Å². The molecular weight excluding hydrogens is 210 g/mol. The molecule has 0 N–H and O–H groups in total. The molecule has 1 fully saturated rings. The van der Waals surface area contributed by atoms with Crippen molar-refractivity contribution in [1.29, 1.82) is 0 Å². The molecule has 16 heavy (non-hydrogen) atoms. The van der Waals surface area contributed by atoms with Crippen molar-refractivity contribution in [1.82, 2.24) is 15.0 Å². The molecule has 6 nitrogen and oxygen atoms in total. The normalized spacial score (nSPS) is 17.8. The van der Waals surface area contributed by atoms with Crippen LogP contribution in [0.25, 0.3) is 11.2 Å². The lowest BCUT2D eigenvalue weighted by atomic mass is 10.2. The largest absolute Gasteiger partial charge is 0.447 e. The zero-order valence-corrected chi connectivity index (χ0v) is 8.63. The minimum Gasteiger partial charge on any atom is -0.447 e. The second kappa shape index (κ2) is 4.05. The molecule has 0 amide bonds. The second-order valence-corrected chi connectivity index (χ2v) is 3.62. The summed E-state index contributed by atoms with van der Waals surface area (Å²) < 4.78 is 16.2. The lowest BCUT2D eigenvalue weighted by Gasteiger charge is -2.20. The van der Waals surface area contributed by atoms with Gasteiger partial charge in [-0.2, -0.15) is 9.97 Å². The molecule has 0 radical (unpaired) electrons. The van der Waals surface area contributed by atoms with Gasteiger partial charge in [-0.25, -0.2) is 4.98 Å². The van der Waals surface area contributed by atoms with Crippen LogP contribution in [0.1, 0.15) is 12.8 Å². The Morgan fingerprint density at radius 3 is 3.00 bits per heavy atom. The van der Waals surface area contributed by atoms with E-state index in [1.54, 1.807) is 6.20 Å². The van der Waals surface area contributed by atoms with Crippen LogP contribution >= 0.6 is 0 Å². The summed E-state index contributed by atoms with van der Waals surface area (Å²) in [6, 6.07) is 0. The Kier molecular flexibility index (Phi) is 2.41. The van der Waals surface area contributed by atoms with E-state index in [1.807, 2.05) is 0 Å². The van der Waals surface area contributed by atoms with Crippen LogP contribution in [-0.2, 0) is 4.74 Å². The summed E-state index contributed by atoms with van der Waals surface area (Å²) in [5, 5.41) is 0. The summed E-state index contributed by atoms with van der Waals surface area (Å²) in [5.41, 5.74) is 1.07. The van der Waals surface area contributed by atoms with E-state index in [2.05, 4.69) is 15.0 Å². The molecule has 2 aromatic heterocycles. The van der Waals surface area contributed by atoms with E-state index in [-0.39, 0.29) is 12.2 Å². The minimum absolute atomic E-state index is 0.120. The van der Waals surface area contributed by atoms with Crippen LogP contribution in [0, 0.1) is 0 Å². The molecule has 3 heterocycles. The smallest absolute Gasteiger partial charge is 0.396 e. The lowest BCUT2D eigenvalue weighted by Crippen LogP contribution is -2.25. The van der Waals surface area contributed by atoms with Gasteiger partial charge in [-0.1, -0.05) is 0 Å². The molecule has 1 aliphatic heterocycles. The Balaban J connectivity index is 1.78. The van der Waals surface area contributed by atoms with Gasteiger partial charge in [-0.3, -0.25) is 0 Å². The van der Waals surface area contributed by atoms with Gasteiger partial charge >= 0.3 is 6.08 Å². The zero-order chi connectivity index (χ0) is 10.8. The van der Waals surface area contributed by atoms with Crippen molar-refractivity contribution >= 4 is 11.2 Å². The number of nitrogens with zero attached hydrogens (tertiary/aromatic N) is 3. The van der Waals surface area contributed by atoms with Crippen LogP contribution in [0.5, 0.6) is 6.08 Å². The summed E-state index contributed by atoms with van der Waals surface area (Å²) in [4.78, 5) is 12.0. The number of aromatic nitrogens is 3. The Labute approximate surface area is 91.6 Å². The highest BCUT2D eigenvalue weighted by atomic mass is 16.6. The molecule has 0 bridgehead atoms. The van der Waals surface area contributed by atoms with E-state index in [4.69, 9.17) is 13.9 Å². The van der Waals surface area contributed by atoms with Crippen molar-refractivity contribution in [3.63, 3.8) is 0 Å². The third-order valence-corrected chi connectivity index (χ3v) is 2.49. The number of oxazole rings is 1. The lowest BCUT2D eigenvalue weighted by molar-refractivity contribution is 0.0140. The predicted octanol–water partition coefficient (Wildman–Crippen LogP) is 1.18. The monoisotopic (exact) mass is 221 g/mol. The maximum absolute atomic E-state index is 5.61. The van der Waals surface area contributed by atoms with Gasteiger partial charge in [-0.05, 0) is 0 Å². The third-order valence-electron chi connectivity index (χ3n) is 2.49. The molecule has 0 spiro atoms. The molecular formula is C10H11N3O3. The quantitative estimate of drug-likeness (QED) is 0.758. The first-order valence-corrected chi connectivity index (χ1v) is 5.23. The van der Waals surface area contributed by atoms with Crippen molar-refractivity contribution in [3.8, 4) is 6.08 Å². The van der Waals surface area contributed by atoms with Gasteiger partial charge in [0, 0.05) is 12.8 Å². The van der Waals surface area contributed by atoms with Gasteiger partial charge in [0.15, 0.2) is 5.52 Å². The van der Waals surface area contributed by atoms with Crippen LogP contribution in [0.3, 0.4) is 0 Å². The van der Waals surface area contributed by atoms with Crippen molar-refractivity contribution in [2.75, 3.05) is 13.2 Å². The van der Waals surface area contributed by atoms with Gasteiger partial charge in [-0.15, -0.1) is 0 Å². The molecule has 0 aromatic carbocycles. The molecule has 2 aromatic rings. The molecule has 3 rings (SSSR count). The van der Waals surface area contributed by atoms with E-state index in [0.717, 1.165) is 26.1 Å². The van der Waals surface area contributed by atoms with Crippen molar-refractivity contribution in [2.45, 2.75) is 18.9 Å². The highest BCUT2D eigenvalue weighted by molar-refractivity contribution is 5.66. The molecule has 84 valence electrons. The van der Waals surface area contributed by atoms with Crippen LogP contribution in [0.4, 0.5) is 0 Å². The number of rotatable bonds is 2. The van der Waals surface area contributed by atoms with Gasteiger partial charge in [0.05, 0.1) is 19.4 Å². The topological polar surface area (TPSA) is 70.3 Å². The SMILES string of the molecule is c1ncc2nc(OC3CCOCC3)oc2n1. The number of hydrogen-bond acceptors (Lipinski definition) is 6. The summed E-state index contributed by atoms with van der Waals surface area (Å²) in [5.74, 6) is 0. The molecule has 0 saturated carbocycles. The summed E-state index contributed by atoms with van der Waals surface area (Å²) in [7, 11) is 0. The second-order valence-electron chi connectivity index (χ2n) is 3.62. The Bertz CT molecular complexity index is 446. The predicted molar refractivity (Wildman–Crippen MR) is 54.1 cm³/mol. The first-order chi connectivity index (χ1) is 7.92. The average molecular weight is 221 g/mol. The zero-order valence-electron chi connectivity index (χ0n) is 8.63. The number of ether oxygens (including phenoxy) is 2. The number of fused-ring (bicyclic) bond motifs is 1. The van der Waals surface area contributed by atoms with E-state index >= 15 is 0 Å². The van der Waals surface area contributed by atoms with Crippen LogP contribution in [-0.4, -0.2) is 34.3 Å². The van der Waals surface area contributed by atoms with Crippen molar-refractivity contribution in [2.24, 2.45) is 0 Å². The molecule has 6 heteroatoms. The van der Waals surface area contributed by atoms with Crippen LogP contribution in [0.15, 0.2) is 16.9 Å². The van der Waals surface area contributed by atoms with E-state index in [1.165, 1.54) is 6.33 Å². The fourth-order valence-electron chi connectivity index (χ4n) is 1.66. The fourth-order valence-corrected chi connectivity index (χ4v) is 1.66. The van der Waals surface area contributed by atoms with E-state index < -0.39 is 0 Å². The highest BCUT2D eigenvalue weighted by Gasteiger charge is 2.18. The molecule has 1 aliphatic rings. The Morgan fingerprint density at radius 1 is 1.31 bits per heavy atom. The highest BCUT2D eigenvalue weighted by Crippen LogP contribution is 2.20. The maximum atomic E-state index is 5.61. The fraction of sp³-hybridized carbons (Fsp3) is 0.500. The van der Waals surface area contributed by atoms with Gasteiger partial charge in [0.25, 0.3) is 5.71 Å². The van der Waals surface area contributed by atoms with Crippen molar-refractivity contribution in [3.05, 3.63) is 12.5 Å². The molecule has 1 saturated heterocycles. The standard InChI is InChI=1S/C10H11N3O3/c1-3-14-4-2-7(1)15-10-13-8-5-11-6-12-9(8)16-10/h5-7H,1-4H2. The first kappa shape index (κ1) is 9.53. The van der Waals surface area contributed by atoms with Gasteiger partial charge < -0.3 is 13.9 Å². The molecule has 0 atom stereocenters. The molecule has 0 unspecified atom stereocenters. The summed E-state index contributed by atoms with van der Waals surface area (Å²) in [6.07, 6.45) is 5.14. The Hall–Kier alpha value is -1.69. The first-order valence-electron chi connectivity index (χ1n) is 5.23. The third kappa shape index (κ3) is 1.83. The van der Waals surface area contributed by atoms with Gasteiger partial charge in [0.1, 0.15) is 12.4 Å². The van der Waals surface area contributed by atoms with Crippen molar-refractivity contribution < 1.29 is 13.9 Å². The van der Waals surface area contributed by atoms with Crippen LogP contribution < -0.4 is 4.74 Å².